The van der Waals surface area contributed by atoms with Gasteiger partial charge in [0.2, 0.25) is 0 Å². The van der Waals surface area contributed by atoms with Gasteiger partial charge in [-0.1, -0.05) is 36.4 Å². The fourth-order valence-corrected chi connectivity index (χ4v) is 0.385. The van der Waals surface area contributed by atoms with E-state index in [0.29, 0.717) is 0 Å². The molecule has 3 heteroatoms. The topological polar surface area (TPSA) is 37.3 Å². The average Bonchev–Trinajstić information content (AvgIpc) is 1.90. The summed E-state index contributed by atoms with van der Waals surface area (Å²) in [5.74, 6) is 0. The first-order chi connectivity index (χ1) is 4.73. The summed E-state index contributed by atoms with van der Waals surface area (Å²) in [6.07, 6.45) is 1.19. The van der Waals surface area contributed by atoms with Crippen LogP contribution in [0.25, 0.3) is 0 Å². The van der Waals surface area contributed by atoms with Crippen molar-refractivity contribution < 1.29 is 8.76 Å². The highest BCUT2D eigenvalue weighted by Crippen LogP contribution is 1.79. The molecule has 2 nitrogen and oxygen atoms in total. The maximum atomic E-state index is 9.11. The van der Waals surface area contributed by atoms with Gasteiger partial charge in [0, 0.05) is 6.26 Å². The smallest absolute Gasteiger partial charge is 0.149 e. The van der Waals surface area contributed by atoms with Crippen LogP contribution in [0.5, 0.6) is 0 Å². The average molecular weight is 158 g/mol. The molecule has 1 aromatic carbocycles. The van der Waals surface area contributed by atoms with Crippen molar-refractivity contribution in [3.63, 3.8) is 0 Å². The first-order valence-corrected chi connectivity index (χ1v) is 4.27. The van der Waals surface area contributed by atoms with Crippen LogP contribution < -0.4 is 0 Å². The van der Waals surface area contributed by atoms with E-state index >= 15 is 0 Å². The molecule has 0 saturated heterocycles. The van der Waals surface area contributed by atoms with E-state index in [4.69, 9.17) is 8.76 Å². The Labute approximate surface area is 63.2 Å². The van der Waals surface area contributed by atoms with Crippen LogP contribution in [0, 0.1) is 0 Å². The van der Waals surface area contributed by atoms with E-state index in [1.54, 1.807) is 0 Å². The molecule has 0 fully saturated rings. The molecule has 1 rings (SSSR count). The van der Waals surface area contributed by atoms with E-state index in [2.05, 4.69) is 0 Å². The highest BCUT2D eigenvalue weighted by Gasteiger charge is 1.59. The lowest BCUT2D eigenvalue weighted by Gasteiger charge is -1.69. The van der Waals surface area contributed by atoms with E-state index in [1.165, 1.54) is 6.26 Å². The molecule has 0 spiro atoms. The minimum Gasteiger partial charge on any atom is -0.306 e. The van der Waals surface area contributed by atoms with Crippen LogP contribution in [0.3, 0.4) is 0 Å². The number of hydrogen-bond acceptors (Lipinski definition) is 1. The Morgan fingerprint density at radius 3 is 1.20 bits per heavy atom. The second kappa shape index (κ2) is 6.45. The number of rotatable bonds is 0. The second-order valence-electron chi connectivity index (χ2n) is 1.58. The predicted octanol–water partition coefficient (Wildman–Crippen LogP) is 1.52. The summed E-state index contributed by atoms with van der Waals surface area (Å²) in [7, 11) is 0. The summed E-state index contributed by atoms with van der Waals surface area (Å²) in [6, 6.07) is 12.0. The molecule has 56 valence electrons. The van der Waals surface area contributed by atoms with Gasteiger partial charge in [0.05, 0.1) is 0 Å². The molecule has 0 aliphatic rings. The largest absolute Gasteiger partial charge is 0.306 e. The summed E-state index contributed by atoms with van der Waals surface area (Å²) in [5.41, 5.74) is 0. The number of benzene rings is 1. The first-order valence-electron chi connectivity index (χ1n) is 2.76. The van der Waals surface area contributed by atoms with Gasteiger partial charge >= 0.3 is 0 Å². The van der Waals surface area contributed by atoms with Gasteiger partial charge in [0.25, 0.3) is 0 Å². The second-order valence-corrected chi connectivity index (χ2v) is 2.43. The summed E-state index contributed by atoms with van der Waals surface area (Å²) in [4.78, 5) is 0. The lowest BCUT2D eigenvalue weighted by molar-refractivity contribution is 0.571. The van der Waals surface area contributed by atoms with E-state index in [0.717, 1.165) is 0 Å². The zero-order chi connectivity index (χ0) is 7.82. The fraction of sp³-hybridized carbons (Fsp3) is 0.143. The standard InChI is InChI=1S/C6H6.CH4O2S/c1-2-4-6-5-3-1;1-4(2)3/h1-6H;1H3,(H,2,3). The Morgan fingerprint density at radius 1 is 1.00 bits per heavy atom. The summed E-state index contributed by atoms with van der Waals surface area (Å²) in [5, 5.41) is 0. The lowest BCUT2D eigenvalue weighted by Crippen LogP contribution is -1.72. The van der Waals surface area contributed by atoms with Gasteiger partial charge < -0.3 is 4.55 Å². The van der Waals surface area contributed by atoms with Gasteiger partial charge in [-0.25, -0.2) is 4.21 Å². The Kier molecular flexibility index (Phi) is 6.02. The number of hydrogen-bond donors (Lipinski definition) is 1. The SMILES string of the molecule is CS(=O)O.c1ccccc1. The van der Waals surface area contributed by atoms with Crippen molar-refractivity contribution in [2.75, 3.05) is 6.26 Å². The van der Waals surface area contributed by atoms with Crippen molar-refractivity contribution in [1.29, 1.82) is 0 Å². The minimum absolute atomic E-state index is 1.19. The fourth-order valence-electron chi connectivity index (χ4n) is 0.385. The Morgan fingerprint density at radius 2 is 1.10 bits per heavy atom. The van der Waals surface area contributed by atoms with Gasteiger partial charge in [-0.05, 0) is 0 Å². The third-order valence-corrected chi connectivity index (χ3v) is 0.667. The van der Waals surface area contributed by atoms with Crippen molar-refractivity contribution in [2.45, 2.75) is 0 Å². The Bertz CT molecular complexity index is 144. The monoisotopic (exact) mass is 158 g/mol. The van der Waals surface area contributed by atoms with Gasteiger partial charge in [0.15, 0.2) is 0 Å². The van der Waals surface area contributed by atoms with Gasteiger partial charge in [-0.15, -0.1) is 0 Å². The lowest BCUT2D eigenvalue weighted by atomic mass is 10.4. The molecule has 1 aromatic rings. The molecule has 0 heterocycles. The van der Waals surface area contributed by atoms with Crippen molar-refractivity contribution in [2.24, 2.45) is 0 Å². The van der Waals surface area contributed by atoms with Crippen LogP contribution in [0.1, 0.15) is 0 Å². The molecular weight excluding hydrogens is 148 g/mol. The van der Waals surface area contributed by atoms with Crippen LogP contribution in [-0.2, 0) is 11.1 Å². The van der Waals surface area contributed by atoms with Gasteiger partial charge in [0.1, 0.15) is 11.1 Å². The van der Waals surface area contributed by atoms with E-state index in [9.17, 15) is 0 Å². The van der Waals surface area contributed by atoms with Crippen LogP contribution >= 0.6 is 0 Å². The van der Waals surface area contributed by atoms with Crippen molar-refractivity contribution in [3.05, 3.63) is 36.4 Å². The van der Waals surface area contributed by atoms with Gasteiger partial charge in [-0.2, -0.15) is 0 Å². The summed E-state index contributed by atoms with van der Waals surface area (Å²) < 4.78 is 16.6. The van der Waals surface area contributed by atoms with Gasteiger partial charge in [-0.3, -0.25) is 0 Å². The van der Waals surface area contributed by atoms with Crippen LogP contribution in [0.4, 0.5) is 0 Å². The Hall–Kier alpha value is -0.670. The summed E-state index contributed by atoms with van der Waals surface area (Å²) >= 11 is -1.61. The third kappa shape index (κ3) is 10.3. The zero-order valence-corrected chi connectivity index (χ0v) is 6.54. The molecule has 0 aliphatic heterocycles. The third-order valence-electron chi connectivity index (χ3n) is 0.667. The molecule has 1 N–H and O–H groups in total. The van der Waals surface area contributed by atoms with Crippen molar-refractivity contribution in [1.82, 2.24) is 0 Å². The quantitative estimate of drug-likeness (QED) is 0.581. The van der Waals surface area contributed by atoms with Crippen molar-refractivity contribution in [3.8, 4) is 0 Å². The predicted molar refractivity (Wildman–Crippen MR) is 43.1 cm³/mol. The van der Waals surface area contributed by atoms with E-state index < -0.39 is 11.1 Å². The highest BCUT2D eigenvalue weighted by atomic mass is 32.2. The molecule has 10 heavy (non-hydrogen) atoms. The highest BCUT2D eigenvalue weighted by molar-refractivity contribution is 7.78. The molecule has 0 amide bonds. The van der Waals surface area contributed by atoms with Crippen molar-refractivity contribution >= 4 is 11.1 Å². The maximum Gasteiger partial charge on any atom is 0.149 e. The molecule has 0 aromatic heterocycles. The molecule has 0 radical (unpaired) electrons. The van der Waals surface area contributed by atoms with Crippen LogP contribution in [-0.4, -0.2) is 15.0 Å². The van der Waals surface area contributed by atoms with E-state index in [-0.39, 0.29) is 0 Å². The van der Waals surface area contributed by atoms with Crippen LogP contribution in [0.2, 0.25) is 0 Å². The molecule has 1 unspecified atom stereocenters. The molecular formula is C7H10O2S. The minimum atomic E-state index is -1.61. The Balaban J connectivity index is 0.000000180. The molecule has 0 saturated carbocycles. The maximum absolute atomic E-state index is 9.11. The first kappa shape index (κ1) is 9.33. The molecule has 1 atom stereocenters. The molecule has 0 bridgehead atoms. The van der Waals surface area contributed by atoms with E-state index in [1.807, 2.05) is 36.4 Å². The molecule has 0 aliphatic carbocycles. The zero-order valence-electron chi connectivity index (χ0n) is 5.73. The van der Waals surface area contributed by atoms with Crippen LogP contribution in [0.15, 0.2) is 36.4 Å². The summed E-state index contributed by atoms with van der Waals surface area (Å²) in [6.45, 7) is 0. The normalized spacial score (nSPS) is 11.0.